The molecule has 1 saturated carbocycles. The Balaban J connectivity index is 1.83. The maximum absolute atomic E-state index is 12.2. The Morgan fingerprint density at radius 2 is 1.92 bits per heavy atom. The van der Waals surface area contributed by atoms with E-state index in [1.165, 1.54) is 4.57 Å². The first-order chi connectivity index (χ1) is 12.1. The minimum absolute atomic E-state index is 0.135. The van der Waals surface area contributed by atoms with E-state index in [2.05, 4.69) is 10.3 Å². The van der Waals surface area contributed by atoms with Gasteiger partial charge in [0.15, 0.2) is 0 Å². The second-order valence-corrected chi connectivity index (χ2v) is 6.61. The summed E-state index contributed by atoms with van der Waals surface area (Å²) in [5.74, 6) is 0.692. The number of nitrogens with two attached hydrogens (primary N) is 1. The van der Waals surface area contributed by atoms with E-state index in [4.69, 9.17) is 5.73 Å². The first-order valence-corrected chi connectivity index (χ1v) is 8.61. The zero-order chi connectivity index (χ0) is 17.8. The highest BCUT2D eigenvalue weighted by Gasteiger charge is 2.26. The Kier molecular flexibility index (Phi) is 5.23. The summed E-state index contributed by atoms with van der Waals surface area (Å²) in [6.45, 7) is 1.01. The second-order valence-electron chi connectivity index (χ2n) is 6.61. The topological polar surface area (TPSA) is 113 Å². The molecule has 0 aliphatic heterocycles. The number of hydrogen-bond donors (Lipinski definition) is 4. The maximum atomic E-state index is 12.2. The number of aromatic amines is 1. The minimum atomic E-state index is -0.522. The maximum Gasteiger partial charge on any atom is 0.330 e. The number of nitrogens with one attached hydrogen (secondary N) is 2. The monoisotopic (exact) mass is 344 g/mol. The summed E-state index contributed by atoms with van der Waals surface area (Å²) in [5, 5.41) is 12.5. The molecule has 2 unspecified atom stereocenters. The highest BCUT2D eigenvalue weighted by molar-refractivity contribution is 5.60. The predicted molar refractivity (Wildman–Crippen MR) is 97.7 cm³/mol. The smallest absolute Gasteiger partial charge is 0.330 e. The number of H-pyrrole nitrogens is 1. The number of rotatable bonds is 6. The van der Waals surface area contributed by atoms with E-state index in [9.17, 15) is 14.7 Å². The molecule has 1 aromatic heterocycles. The number of benzene rings is 1. The molecule has 0 radical (unpaired) electrons. The van der Waals surface area contributed by atoms with Gasteiger partial charge in [-0.2, -0.15) is 0 Å². The Bertz CT molecular complexity index is 828. The molecule has 7 heteroatoms. The molecule has 1 aliphatic rings. The van der Waals surface area contributed by atoms with Crippen LogP contribution in [0.25, 0.3) is 0 Å². The summed E-state index contributed by atoms with van der Waals surface area (Å²) in [5.41, 5.74) is 6.23. The first-order valence-electron chi connectivity index (χ1n) is 8.61. The van der Waals surface area contributed by atoms with Gasteiger partial charge in [0.2, 0.25) is 0 Å². The molecule has 1 aliphatic carbocycles. The predicted octanol–water partition coefficient (Wildman–Crippen LogP) is 0.988. The van der Waals surface area contributed by atoms with Crippen molar-refractivity contribution in [3.63, 3.8) is 0 Å². The van der Waals surface area contributed by atoms with Crippen molar-refractivity contribution in [1.29, 1.82) is 0 Å². The summed E-state index contributed by atoms with van der Waals surface area (Å²) < 4.78 is 1.36. The van der Waals surface area contributed by atoms with Crippen LogP contribution < -0.4 is 22.3 Å². The summed E-state index contributed by atoms with van der Waals surface area (Å²) >= 11 is 0. The molecule has 2 aromatic rings. The Morgan fingerprint density at radius 3 is 2.64 bits per heavy atom. The third-order valence-corrected chi connectivity index (χ3v) is 5.02. The minimum Gasteiger partial charge on any atom is -0.396 e. The van der Waals surface area contributed by atoms with Crippen molar-refractivity contribution in [3.05, 3.63) is 56.7 Å². The van der Waals surface area contributed by atoms with E-state index in [1.807, 2.05) is 30.3 Å². The first kappa shape index (κ1) is 17.3. The van der Waals surface area contributed by atoms with Gasteiger partial charge in [0.1, 0.15) is 11.5 Å². The molecule has 5 N–H and O–H groups in total. The van der Waals surface area contributed by atoms with Crippen LogP contribution in [-0.2, 0) is 6.54 Å². The largest absolute Gasteiger partial charge is 0.396 e. The van der Waals surface area contributed by atoms with Gasteiger partial charge in [0.25, 0.3) is 5.56 Å². The lowest BCUT2D eigenvalue weighted by Gasteiger charge is -2.19. The van der Waals surface area contributed by atoms with Crippen LogP contribution in [0.4, 0.5) is 11.5 Å². The molecular formula is C18H24N4O3. The Hall–Kier alpha value is -2.54. The van der Waals surface area contributed by atoms with Gasteiger partial charge in [0, 0.05) is 13.2 Å². The normalized spacial score (nSPS) is 19.9. The summed E-state index contributed by atoms with van der Waals surface area (Å²) in [6.07, 6.45) is 3.10. The van der Waals surface area contributed by atoms with Crippen molar-refractivity contribution in [2.75, 3.05) is 24.2 Å². The molecule has 1 fully saturated rings. The van der Waals surface area contributed by atoms with Crippen molar-refractivity contribution in [1.82, 2.24) is 9.55 Å². The third-order valence-electron chi connectivity index (χ3n) is 5.02. The van der Waals surface area contributed by atoms with E-state index < -0.39 is 11.2 Å². The Morgan fingerprint density at radius 1 is 1.20 bits per heavy atom. The van der Waals surface area contributed by atoms with E-state index in [1.54, 1.807) is 0 Å². The van der Waals surface area contributed by atoms with Gasteiger partial charge in [-0.25, -0.2) is 4.79 Å². The van der Waals surface area contributed by atoms with E-state index >= 15 is 0 Å². The fraction of sp³-hybridized carbons (Fsp3) is 0.444. The van der Waals surface area contributed by atoms with Crippen LogP contribution in [-0.4, -0.2) is 27.8 Å². The van der Waals surface area contributed by atoms with Crippen molar-refractivity contribution < 1.29 is 5.11 Å². The van der Waals surface area contributed by atoms with Gasteiger partial charge in [-0.1, -0.05) is 36.8 Å². The van der Waals surface area contributed by atoms with Gasteiger partial charge in [0.05, 0.1) is 6.54 Å². The molecular weight excluding hydrogens is 320 g/mol. The molecule has 1 aromatic carbocycles. The molecule has 0 bridgehead atoms. The van der Waals surface area contributed by atoms with Crippen molar-refractivity contribution >= 4 is 11.5 Å². The average Bonchev–Trinajstić information content (AvgIpc) is 3.07. The lowest BCUT2D eigenvalue weighted by Crippen LogP contribution is -2.35. The summed E-state index contributed by atoms with van der Waals surface area (Å²) in [4.78, 5) is 26.6. The molecule has 134 valence electrons. The number of nitrogens with zero attached hydrogens (tertiary/aromatic N) is 1. The average molecular weight is 344 g/mol. The zero-order valence-corrected chi connectivity index (χ0v) is 14.1. The summed E-state index contributed by atoms with van der Waals surface area (Å²) in [6, 6.07) is 9.46. The second kappa shape index (κ2) is 7.57. The van der Waals surface area contributed by atoms with Crippen LogP contribution >= 0.6 is 0 Å². The van der Waals surface area contributed by atoms with Crippen LogP contribution in [0.15, 0.2) is 39.9 Å². The van der Waals surface area contributed by atoms with Crippen molar-refractivity contribution in [2.45, 2.75) is 25.8 Å². The fourth-order valence-corrected chi connectivity index (χ4v) is 3.54. The Labute approximate surface area is 145 Å². The molecule has 3 rings (SSSR count). The van der Waals surface area contributed by atoms with Crippen molar-refractivity contribution in [3.8, 4) is 0 Å². The molecule has 0 spiro atoms. The van der Waals surface area contributed by atoms with Gasteiger partial charge in [-0.15, -0.1) is 0 Å². The van der Waals surface area contributed by atoms with E-state index in [0.717, 1.165) is 24.8 Å². The molecule has 0 amide bonds. The van der Waals surface area contributed by atoms with Gasteiger partial charge < -0.3 is 16.2 Å². The highest BCUT2D eigenvalue weighted by atomic mass is 16.3. The van der Waals surface area contributed by atoms with Crippen LogP contribution in [0.2, 0.25) is 0 Å². The van der Waals surface area contributed by atoms with Crippen molar-refractivity contribution in [2.24, 2.45) is 11.8 Å². The third kappa shape index (κ3) is 3.76. The summed E-state index contributed by atoms with van der Waals surface area (Å²) in [7, 11) is 0. The van der Waals surface area contributed by atoms with Crippen LogP contribution in [0.5, 0.6) is 0 Å². The number of anilines is 2. The number of aliphatic hydroxyl groups excluding tert-OH is 1. The van der Waals surface area contributed by atoms with Gasteiger partial charge in [-0.3, -0.25) is 14.3 Å². The number of aliphatic hydroxyl groups is 1. The quantitative estimate of drug-likeness (QED) is 0.624. The molecule has 7 nitrogen and oxygen atoms in total. The van der Waals surface area contributed by atoms with Crippen LogP contribution in [0.1, 0.15) is 24.8 Å². The van der Waals surface area contributed by atoms with Crippen LogP contribution in [0.3, 0.4) is 0 Å². The van der Waals surface area contributed by atoms with E-state index in [0.29, 0.717) is 19.0 Å². The lowest BCUT2D eigenvalue weighted by atomic mass is 9.97. The van der Waals surface area contributed by atoms with Crippen LogP contribution in [0, 0.1) is 11.8 Å². The number of aromatic nitrogens is 2. The SMILES string of the molecule is Nc1c(NCC2CCCC2CO)c(=O)[nH]c(=O)n1Cc1ccccc1. The number of hydrogen-bond acceptors (Lipinski definition) is 5. The standard InChI is InChI=1S/C18H24N4O3/c19-16-15(20-9-13-7-4-8-14(13)11-23)17(24)21-18(25)22(16)10-12-5-2-1-3-6-12/h1-3,5-6,13-14,20,23H,4,7-11,19H2,(H,21,24,25). The molecule has 2 atom stereocenters. The highest BCUT2D eigenvalue weighted by Crippen LogP contribution is 2.31. The number of nitrogen functional groups attached to an aromatic ring is 1. The van der Waals surface area contributed by atoms with Gasteiger partial charge >= 0.3 is 5.69 Å². The molecule has 0 saturated heterocycles. The lowest BCUT2D eigenvalue weighted by molar-refractivity contribution is 0.199. The fourth-order valence-electron chi connectivity index (χ4n) is 3.54. The molecule has 25 heavy (non-hydrogen) atoms. The zero-order valence-electron chi connectivity index (χ0n) is 14.1. The molecule has 1 heterocycles. The van der Waals surface area contributed by atoms with Gasteiger partial charge in [-0.05, 0) is 30.2 Å². The van der Waals surface area contributed by atoms with E-state index in [-0.39, 0.29) is 24.0 Å².